The molecule has 2 N–H and O–H groups in total. The summed E-state index contributed by atoms with van der Waals surface area (Å²) in [5.41, 5.74) is 8.81. The van der Waals surface area contributed by atoms with Crippen LogP contribution in [-0.2, 0) is 6.54 Å². The molecule has 1 aromatic carbocycles. The van der Waals surface area contributed by atoms with Gasteiger partial charge in [-0.1, -0.05) is 23.4 Å². The van der Waals surface area contributed by atoms with Gasteiger partial charge in [-0.15, -0.1) is 16.9 Å². The van der Waals surface area contributed by atoms with Gasteiger partial charge in [0.05, 0.1) is 17.9 Å². The van der Waals surface area contributed by atoms with E-state index in [-0.39, 0.29) is 6.04 Å². The van der Waals surface area contributed by atoms with Crippen LogP contribution < -0.4 is 5.73 Å². The SMILES string of the molecule is CCn1nncc1C(N)C1CSc2ccccc21. The van der Waals surface area contributed by atoms with E-state index in [2.05, 4.69) is 41.5 Å². The van der Waals surface area contributed by atoms with Gasteiger partial charge in [0.15, 0.2) is 0 Å². The van der Waals surface area contributed by atoms with E-state index in [0.29, 0.717) is 5.92 Å². The van der Waals surface area contributed by atoms with Gasteiger partial charge in [-0.3, -0.25) is 0 Å². The molecule has 3 rings (SSSR count). The summed E-state index contributed by atoms with van der Waals surface area (Å²) in [7, 11) is 0. The summed E-state index contributed by atoms with van der Waals surface area (Å²) in [5, 5.41) is 8.03. The molecule has 1 aliphatic heterocycles. The molecule has 0 radical (unpaired) electrons. The lowest BCUT2D eigenvalue weighted by Crippen LogP contribution is -2.23. The van der Waals surface area contributed by atoms with E-state index in [4.69, 9.17) is 5.73 Å². The number of hydrogen-bond acceptors (Lipinski definition) is 4. The maximum Gasteiger partial charge on any atom is 0.0760 e. The van der Waals surface area contributed by atoms with Crippen LogP contribution in [0.2, 0.25) is 0 Å². The van der Waals surface area contributed by atoms with Crippen molar-refractivity contribution in [3.05, 3.63) is 41.7 Å². The van der Waals surface area contributed by atoms with E-state index < -0.39 is 0 Å². The maximum absolute atomic E-state index is 6.42. The zero-order chi connectivity index (χ0) is 12.5. The van der Waals surface area contributed by atoms with Gasteiger partial charge < -0.3 is 5.73 Å². The Hall–Kier alpha value is -1.33. The molecule has 1 aliphatic rings. The molecule has 5 heteroatoms. The van der Waals surface area contributed by atoms with Crippen molar-refractivity contribution in [3.8, 4) is 0 Å². The monoisotopic (exact) mass is 260 g/mol. The average molecular weight is 260 g/mol. The molecule has 0 saturated carbocycles. The number of hydrogen-bond donors (Lipinski definition) is 1. The first-order chi connectivity index (χ1) is 8.81. The zero-order valence-electron chi connectivity index (χ0n) is 10.3. The number of thioether (sulfide) groups is 1. The summed E-state index contributed by atoms with van der Waals surface area (Å²) >= 11 is 1.88. The van der Waals surface area contributed by atoms with Crippen LogP contribution in [0.5, 0.6) is 0 Å². The highest BCUT2D eigenvalue weighted by atomic mass is 32.2. The predicted molar refractivity (Wildman–Crippen MR) is 72.5 cm³/mol. The van der Waals surface area contributed by atoms with Gasteiger partial charge in [0, 0.05) is 23.1 Å². The predicted octanol–water partition coefficient (Wildman–Crippen LogP) is 2.19. The third kappa shape index (κ3) is 1.83. The minimum absolute atomic E-state index is 0.0314. The minimum atomic E-state index is -0.0314. The molecule has 18 heavy (non-hydrogen) atoms. The highest BCUT2D eigenvalue weighted by molar-refractivity contribution is 7.99. The molecule has 1 aromatic heterocycles. The summed E-state index contributed by atoms with van der Waals surface area (Å²) in [6.45, 7) is 2.87. The molecule has 0 aliphatic carbocycles. The average Bonchev–Trinajstić information content (AvgIpc) is 3.04. The maximum atomic E-state index is 6.42. The molecule has 94 valence electrons. The lowest BCUT2D eigenvalue weighted by molar-refractivity contribution is 0.519. The Bertz CT molecular complexity index is 551. The Morgan fingerprint density at radius 2 is 2.33 bits per heavy atom. The third-order valence-electron chi connectivity index (χ3n) is 3.46. The molecule has 2 heterocycles. The molecule has 0 amide bonds. The second kappa shape index (κ2) is 4.74. The van der Waals surface area contributed by atoms with Gasteiger partial charge in [0.2, 0.25) is 0 Å². The number of nitrogens with two attached hydrogens (primary N) is 1. The first kappa shape index (κ1) is 11.7. The van der Waals surface area contributed by atoms with Crippen LogP contribution in [0.3, 0.4) is 0 Å². The molecule has 2 unspecified atom stereocenters. The molecular weight excluding hydrogens is 244 g/mol. The first-order valence-corrected chi connectivity index (χ1v) is 7.15. The van der Waals surface area contributed by atoms with Crippen molar-refractivity contribution in [1.82, 2.24) is 15.0 Å². The Balaban J connectivity index is 1.93. The van der Waals surface area contributed by atoms with E-state index in [1.807, 2.05) is 16.4 Å². The van der Waals surface area contributed by atoms with Crippen molar-refractivity contribution in [2.45, 2.75) is 30.3 Å². The highest BCUT2D eigenvalue weighted by Crippen LogP contribution is 2.44. The van der Waals surface area contributed by atoms with Gasteiger partial charge in [-0.05, 0) is 18.6 Å². The molecule has 0 fully saturated rings. The normalized spacial score (nSPS) is 19.8. The number of aromatic nitrogens is 3. The second-order valence-corrected chi connectivity index (χ2v) is 5.52. The smallest absolute Gasteiger partial charge is 0.0760 e. The Morgan fingerprint density at radius 3 is 3.17 bits per heavy atom. The summed E-state index contributed by atoms with van der Waals surface area (Å²) < 4.78 is 1.89. The van der Waals surface area contributed by atoms with E-state index in [0.717, 1.165) is 18.0 Å². The summed E-state index contributed by atoms with van der Waals surface area (Å²) in [6.07, 6.45) is 1.79. The van der Waals surface area contributed by atoms with Gasteiger partial charge in [-0.2, -0.15) is 0 Å². The van der Waals surface area contributed by atoms with Crippen LogP contribution in [0.4, 0.5) is 0 Å². The fourth-order valence-corrected chi connectivity index (χ4v) is 3.77. The topological polar surface area (TPSA) is 56.7 Å². The Morgan fingerprint density at radius 1 is 1.50 bits per heavy atom. The van der Waals surface area contributed by atoms with Crippen LogP contribution in [0.25, 0.3) is 0 Å². The lowest BCUT2D eigenvalue weighted by atomic mass is 9.92. The third-order valence-corrected chi connectivity index (χ3v) is 4.67. The molecule has 0 saturated heterocycles. The van der Waals surface area contributed by atoms with Crippen molar-refractivity contribution < 1.29 is 0 Å². The van der Waals surface area contributed by atoms with E-state index in [9.17, 15) is 0 Å². The van der Waals surface area contributed by atoms with E-state index >= 15 is 0 Å². The molecule has 0 bridgehead atoms. The standard InChI is InChI=1S/C13H16N4S/c1-2-17-11(7-15-16-17)13(14)10-8-18-12-6-4-3-5-9(10)12/h3-7,10,13H,2,8,14H2,1H3. The number of rotatable bonds is 3. The largest absolute Gasteiger partial charge is 0.322 e. The van der Waals surface area contributed by atoms with Crippen LogP contribution in [0.1, 0.15) is 30.1 Å². The molecule has 2 atom stereocenters. The molecular formula is C13H16N4S. The number of benzene rings is 1. The van der Waals surface area contributed by atoms with Crippen molar-refractivity contribution in [3.63, 3.8) is 0 Å². The highest BCUT2D eigenvalue weighted by Gasteiger charge is 2.30. The summed E-state index contributed by atoms with van der Waals surface area (Å²) in [6, 6.07) is 8.48. The number of nitrogens with zero attached hydrogens (tertiary/aromatic N) is 3. The van der Waals surface area contributed by atoms with Gasteiger partial charge in [0.1, 0.15) is 0 Å². The fraction of sp³-hybridized carbons (Fsp3) is 0.385. The van der Waals surface area contributed by atoms with Crippen molar-refractivity contribution in [2.24, 2.45) is 5.73 Å². The zero-order valence-corrected chi connectivity index (χ0v) is 11.1. The van der Waals surface area contributed by atoms with E-state index in [1.165, 1.54) is 10.5 Å². The second-order valence-electron chi connectivity index (χ2n) is 4.46. The number of aryl methyl sites for hydroxylation is 1. The van der Waals surface area contributed by atoms with Gasteiger partial charge >= 0.3 is 0 Å². The van der Waals surface area contributed by atoms with Crippen molar-refractivity contribution in [2.75, 3.05) is 5.75 Å². The minimum Gasteiger partial charge on any atom is -0.322 e. The quantitative estimate of drug-likeness (QED) is 0.919. The first-order valence-electron chi connectivity index (χ1n) is 6.17. The van der Waals surface area contributed by atoms with Crippen molar-refractivity contribution >= 4 is 11.8 Å². The van der Waals surface area contributed by atoms with Crippen molar-refractivity contribution in [1.29, 1.82) is 0 Å². The fourth-order valence-electron chi connectivity index (χ4n) is 2.46. The summed E-state index contributed by atoms with van der Waals surface area (Å²) in [5.74, 6) is 1.39. The van der Waals surface area contributed by atoms with E-state index in [1.54, 1.807) is 6.20 Å². The van der Waals surface area contributed by atoms with Crippen LogP contribution in [0.15, 0.2) is 35.4 Å². The molecule has 2 aromatic rings. The Labute approximate surface area is 111 Å². The van der Waals surface area contributed by atoms with Crippen LogP contribution in [0, 0.1) is 0 Å². The number of fused-ring (bicyclic) bond motifs is 1. The van der Waals surface area contributed by atoms with Gasteiger partial charge in [-0.25, -0.2) is 4.68 Å². The summed E-state index contributed by atoms with van der Waals surface area (Å²) in [4.78, 5) is 1.36. The van der Waals surface area contributed by atoms with Crippen LogP contribution in [-0.4, -0.2) is 20.7 Å². The van der Waals surface area contributed by atoms with Gasteiger partial charge in [0.25, 0.3) is 0 Å². The molecule has 4 nitrogen and oxygen atoms in total. The lowest BCUT2D eigenvalue weighted by Gasteiger charge is -2.19. The van der Waals surface area contributed by atoms with Crippen LogP contribution >= 0.6 is 11.8 Å². The Kier molecular flexibility index (Phi) is 3.09. The molecule has 0 spiro atoms.